The maximum absolute atomic E-state index is 11.8. The second kappa shape index (κ2) is 4.83. The number of fused-ring (bicyclic) bond motifs is 1. The molecule has 2 aliphatic heterocycles. The molecule has 0 saturated carbocycles. The lowest BCUT2D eigenvalue weighted by Gasteiger charge is -2.28. The van der Waals surface area contributed by atoms with Gasteiger partial charge in [-0.2, -0.15) is 0 Å². The molecule has 0 aromatic heterocycles. The molecule has 0 aromatic rings. The average molecular weight is 266 g/mol. The van der Waals surface area contributed by atoms with Gasteiger partial charge in [0, 0.05) is 24.3 Å². The van der Waals surface area contributed by atoms with Gasteiger partial charge < -0.3 is 9.64 Å². The predicted molar refractivity (Wildman–Crippen MR) is 67.3 cm³/mol. The highest BCUT2D eigenvalue weighted by Gasteiger charge is 2.54. The van der Waals surface area contributed by atoms with Crippen molar-refractivity contribution in [3.05, 3.63) is 10.4 Å². The Balaban J connectivity index is 2.18. The van der Waals surface area contributed by atoms with E-state index in [-0.39, 0.29) is 30.3 Å². The molecule has 0 N–H and O–H groups in total. The molecule has 2 heterocycles. The van der Waals surface area contributed by atoms with Crippen molar-refractivity contribution in [2.75, 3.05) is 13.1 Å². The van der Waals surface area contributed by atoms with Gasteiger partial charge in [-0.1, -0.05) is 5.11 Å². The van der Waals surface area contributed by atoms with Gasteiger partial charge in [-0.25, -0.2) is 0 Å². The van der Waals surface area contributed by atoms with Crippen LogP contribution in [-0.4, -0.2) is 47.4 Å². The third-order valence-corrected chi connectivity index (χ3v) is 3.99. The molecule has 0 aromatic carbocycles. The third kappa shape index (κ3) is 2.43. The van der Waals surface area contributed by atoms with Crippen molar-refractivity contribution in [2.24, 2.45) is 11.0 Å². The fourth-order valence-electron chi connectivity index (χ4n) is 3.29. The number of azide groups is 1. The summed E-state index contributed by atoms with van der Waals surface area (Å²) in [5.41, 5.74) is 7.87. The number of rotatable bonds is 3. The Morgan fingerprint density at radius 1 is 1.53 bits per heavy atom. The number of hydrogen-bond acceptors (Lipinski definition) is 4. The maximum atomic E-state index is 11.8. The number of carbonyl (C=O) groups excluding carboxylic acids is 2. The van der Waals surface area contributed by atoms with Gasteiger partial charge in [-0.15, -0.1) is 0 Å². The van der Waals surface area contributed by atoms with Crippen molar-refractivity contribution >= 4 is 11.7 Å². The summed E-state index contributed by atoms with van der Waals surface area (Å²) in [6.07, 6.45) is 0.488. The quantitative estimate of drug-likeness (QED) is 0.437. The van der Waals surface area contributed by atoms with Crippen LogP contribution in [0.3, 0.4) is 0 Å². The first kappa shape index (κ1) is 13.8. The molecule has 7 heteroatoms. The van der Waals surface area contributed by atoms with Crippen molar-refractivity contribution in [3.8, 4) is 0 Å². The number of nitrogens with zero attached hydrogens (tertiary/aromatic N) is 4. The zero-order valence-corrected chi connectivity index (χ0v) is 11.4. The van der Waals surface area contributed by atoms with Crippen molar-refractivity contribution in [2.45, 2.75) is 44.9 Å². The predicted octanol–water partition coefficient (Wildman–Crippen LogP) is 1.28. The molecule has 2 aliphatic rings. The third-order valence-electron chi connectivity index (χ3n) is 3.99. The summed E-state index contributed by atoms with van der Waals surface area (Å²) in [6.45, 7) is 5.55. The van der Waals surface area contributed by atoms with Crippen LogP contribution in [0.4, 0.5) is 0 Å². The van der Waals surface area contributed by atoms with E-state index in [4.69, 9.17) is 10.3 Å². The molecule has 7 nitrogen and oxygen atoms in total. The Labute approximate surface area is 111 Å². The summed E-state index contributed by atoms with van der Waals surface area (Å²) in [5.74, 6) is -0.116. The summed E-state index contributed by atoms with van der Waals surface area (Å²) in [5, 5.41) is 3.57. The van der Waals surface area contributed by atoms with E-state index < -0.39 is 11.6 Å². The van der Waals surface area contributed by atoms with E-state index in [9.17, 15) is 9.59 Å². The zero-order chi connectivity index (χ0) is 14.2. The molecule has 4 atom stereocenters. The summed E-state index contributed by atoms with van der Waals surface area (Å²) >= 11 is 0. The number of carbonyl (C=O) groups is 2. The van der Waals surface area contributed by atoms with E-state index in [1.165, 1.54) is 13.8 Å². The molecule has 0 spiro atoms. The number of hydrogen-bond donors (Lipinski definition) is 0. The Morgan fingerprint density at radius 3 is 2.74 bits per heavy atom. The minimum absolute atomic E-state index is 0.000271. The van der Waals surface area contributed by atoms with Gasteiger partial charge in [-0.3, -0.25) is 9.59 Å². The van der Waals surface area contributed by atoms with Crippen molar-refractivity contribution in [1.29, 1.82) is 0 Å². The number of ether oxygens (including phenoxy) is 1. The Bertz CT molecular complexity index is 460. The molecular weight excluding hydrogens is 248 g/mol. The van der Waals surface area contributed by atoms with Gasteiger partial charge >= 0.3 is 0 Å². The summed E-state index contributed by atoms with van der Waals surface area (Å²) in [7, 11) is 0. The van der Waals surface area contributed by atoms with Crippen molar-refractivity contribution in [1.82, 2.24) is 4.90 Å². The van der Waals surface area contributed by atoms with Crippen LogP contribution in [0.2, 0.25) is 0 Å². The topological polar surface area (TPSA) is 95.4 Å². The molecule has 1 amide bonds. The van der Waals surface area contributed by atoms with Gasteiger partial charge in [0.1, 0.15) is 0 Å². The summed E-state index contributed by atoms with van der Waals surface area (Å²) < 4.78 is 5.92. The molecular formula is C12H18N4O3. The minimum Gasteiger partial charge on any atom is -0.370 e. The Kier molecular flexibility index (Phi) is 3.52. The van der Waals surface area contributed by atoms with Crippen LogP contribution < -0.4 is 0 Å². The first-order chi connectivity index (χ1) is 8.88. The molecule has 3 unspecified atom stereocenters. The van der Waals surface area contributed by atoms with E-state index in [0.29, 0.717) is 13.0 Å². The summed E-state index contributed by atoms with van der Waals surface area (Å²) in [6, 6.07) is -0.407. The lowest BCUT2D eigenvalue weighted by atomic mass is 9.88. The monoisotopic (exact) mass is 266 g/mol. The van der Waals surface area contributed by atoms with E-state index in [1.54, 1.807) is 4.90 Å². The van der Waals surface area contributed by atoms with Crippen LogP contribution >= 0.6 is 0 Å². The van der Waals surface area contributed by atoms with Crippen molar-refractivity contribution in [3.63, 3.8) is 0 Å². The highest BCUT2D eigenvalue weighted by atomic mass is 16.5. The fourth-order valence-corrected chi connectivity index (χ4v) is 3.29. The molecule has 0 radical (unpaired) electrons. The van der Waals surface area contributed by atoms with Crippen molar-refractivity contribution < 1.29 is 14.3 Å². The number of amides is 1. The smallest absolute Gasteiger partial charge is 0.220 e. The van der Waals surface area contributed by atoms with Crippen LogP contribution in [0.5, 0.6) is 0 Å². The number of ketones is 1. The summed E-state index contributed by atoms with van der Waals surface area (Å²) in [4.78, 5) is 27.7. The fraction of sp³-hybridized carbons (Fsp3) is 0.833. The van der Waals surface area contributed by atoms with Crippen LogP contribution in [0.1, 0.15) is 27.2 Å². The first-order valence-electron chi connectivity index (χ1n) is 6.34. The van der Waals surface area contributed by atoms with Gasteiger partial charge in [0.2, 0.25) is 5.91 Å². The zero-order valence-electron chi connectivity index (χ0n) is 11.4. The van der Waals surface area contributed by atoms with E-state index in [2.05, 4.69) is 10.0 Å². The molecule has 104 valence electrons. The van der Waals surface area contributed by atoms with Gasteiger partial charge in [-0.05, 0) is 25.8 Å². The van der Waals surface area contributed by atoms with Gasteiger partial charge in [0.15, 0.2) is 5.78 Å². The average Bonchev–Trinajstić information content (AvgIpc) is 2.79. The Hall–Kier alpha value is -1.59. The molecule has 2 rings (SSSR count). The lowest BCUT2D eigenvalue weighted by Crippen LogP contribution is -2.43. The maximum Gasteiger partial charge on any atom is 0.220 e. The van der Waals surface area contributed by atoms with E-state index in [0.717, 1.165) is 0 Å². The standard InChI is InChI=1S/C12H18N4O3/c1-7(17)11-9-4-12(3,6-14-15-13)19-10(9)5-16(11)8(2)18/h9-11H,4-6H2,1-3H3/t9?,10?,11-,12?/m1/s1. The first-order valence-corrected chi connectivity index (χ1v) is 6.34. The SMILES string of the molecule is CC(=O)[C@@H]1C2CC(C)(CN=[N+]=[N-])OC2CN1C(C)=O. The molecule has 0 bridgehead atoms. The minimum atomic E-state index is -0.530. The van der Waals surface area contributed by atoms with Crippen LogP contribution in [0.15, 0.2) is 5.11 Å². The molecule has 2 saturated heterocycles. The lowest BCUT2D eigenvalue weighted by molar-refractivity contribution is -0.136. The Morgan fingerprint density at radius 2 is 2.21 bits per heavy atom. The van der Waals surface area contributed by atoms with E-state index >= 15 is 0 Å². The number of likely N-dealkylation sites (tertiary alicyclic amines) is 1. The van der Waals surface area contributed by atoms with Crippen LogP contribution in [-0.2, 0) is 14.3 Å². The molecule has 19 heavy (non-hydrogen) atoms. The second-order valence-electron chi connectivity index (χ2n) is 5.59. The van der Waals surface area contributed by atoms with Crippen LogP contribution in [0, 0.1) is 5.92 Å². The van der Waals surface area contributed by atoms with Gasteiger partial charge in [0.25, 0.3) is 0 Å². The molecule has 0 aliphatic carbocycles. The van der Waals surface area contributed by atoms with Gasteiger partial charge in [0.05, 0.1) is 24.3 Å². The largest absolute Gasteiger partial charge is 0.370 e. The second-order valence-corrected chi connectivity index (χ2v) is 5.59. The molecule has 2 fully saturated rings. The highest BCUT2D eigenvalue weighted by Crippen LogP contribution is 2.43. The highest BCUT2D eigenvalue weighted by molar-refractivity contribution is 5.88. The van der Waals surface area contributed by atoms with E-state index in [1.807, 2.05) is 6.92 Å². The normalized spacial score (nSPS) is 36.8. The number of Topliss-reactive ketones (excluding diaryl/α,β-unsaturated/α-hetero) is 1. The van der Waals surface area contributed by atoms with Crippen LogP contribution in [0.25, 0.3) is 10.4 Å².